The molecule has 3 rings (SSSR count). The molecule has 1 heterocycles. The maximum Gasteiger partial charge on any atom is 0.294 e. The number of aryl methyl sites for hydroxylation is 1. The van der Waals surface area contributed by atoms with Gasteiger partial charge in [0, 0.05) is 13.5 Å². The molecule has 0 aromatic heterocycles. The molecule has 0 aliphatic carbocycles. The Labute approximate surface area is 136 Å². The second kappa shape index (κ2) is 5.86. The minimum Gasteiger partial charge on any atom is -0.486 e. The molecule has 0 bridgehead atoms. The van der Waals surface area contributed by atoms with E-state index in [1.807, 2.05) is 38.2 Å². The van der Waals surface area contributed by atoms with Gasteiger partial charge in [-0.25, -0.2) is 0 Å². The highest BCUT2D eigenvalue weighted by molar-refractivity contribution is 7.85. The fraction of sp³-hybridized carbons (Fsp3) is 0.294. The molecule has 122 valence electrons. The quantitative estimate of drug-likeness (QED) is 0.875. The molecule has 23 heavy (non-hydrogen) atoms. The average Bonchev–Trinajstić information content (AvgIpc) is 2.46. The predicted octanol–water partition coefficient (Wildman–Crippen LogP) is 2.68. The van der Waals surface area contributed by atoms with Crippen molar-refractivity contribution in [3.8, 4) is 5.75 Å². The Bertz CT molecular complexity index is 832. The van der Waals surface area contributed by atoms with Crippen LogP contribution in [0.2, 0.25) is 0 Å². The van der Waals surface area contributed by atoms with Crippen molar-refractivity contribution in [3.63, 3.8) is 0 Å². The third kappa shape index (κ3) is 3.33. The summed E-state index contributed by atoms with van der Waals surface area (Å²) in [7, 11) is -2.26. The fourth-order valence-corrected chi connectivity index (χ4v) is 3.68. The first-order valence-electron chi connectivity index (χ1n) is 7.38. The number of anilines is 1. The molecular weight excluding hydrogens is 314 g/mol. The fourth-order valence-electron chi connectivity index (χ4n) is 2.96. The van der Waals surface area contributed by atoms with E-state index in [1.54, 1.807) is 12.1 Å². The van der Waals surface area contributed by atoms with Gasteiger partial charge in [-0.05, 0) is 30.7 Å². The van der Waals surface area contributed by atoms with E-state index in [-0.39, 0.29) is 11.0 Å². The summed E-state index contributed by atoms with van der Waals surface area (Å²) in [6.07, 6.45) is 0.229. The summed E-state index contributed by atoms with van der Waals surface area (Å²) in [5.74, 6) is 0.785. The predicted molar refractivity (Wildman–Crippen MR) is 88.8 cm³/mol. The summed E-state index contributed by atoms with van der Waals surface area (Å²) in [6.45, 7) is 2.54. The van der Waals surface area contributed by atoms with Crippen LogP contribution >= 0.6 is 0 Å². The Morgan fingerprint density at radius 1 is 1.26 bits per heavy atom. The summed E-state index contributed by atoms with van der Waals surface area (Å²) >= 11 is 0. The van der Waals surface area contributed by atoms with Crippen molar-refractivity contribution in [1.82, 2.24) is 0 Å². The van der Waals surface area contributed by atoms with Crippen molar-refractivity contribution in [2.45, 2.75) is 24.3 Å². The largest absolute Gasteiger partial charge is 0.486 e. The Morgan fingerprint density at radius 3 is 2.74 bits per heavy atom. The molecule has 6 heteroatoms. The molecule has 0 saturated carbocycles. The van der Waals surface area contributed by atoms with Crippen LogP contribution in [0, 0.1) is 6.92 Å². The van der Waals surface area contributed by atoms with E-state index in [0.29, 0.717) is 18.5 Å². The average molecular weight is 333 g/mol. The van der Waals surface area contributed by atoms with E-state index in [4.69, 9.17) is 4.74 Å². The van der Waals surface area contributed by atoms with E-state index < -0.39 is 10.1 Å². The molecule has 1 N–H and O–H groups in total. The van der Waals surface area contributed by atoms with Crippen LogP contribution in [0.25, 0.3) is 0 Å². The summed E-state index contributed by atoms with van der Waals surface area (Å²) in [6, 6.07) is 12.7. The molecule has 2 aromatic rings. The number of hydrogen-bond acceptors (Lipinski definition) is 4. The van der Waals surface area contributed by atoms with Crippen molar-refractivity contribution in [1.29, 1.82) is 0 Å². The van der Waals surface area contributed by atoms with Gasteiger partial charge in [0.1, 0.15) is 11.9 Å². The third-order valence-electron chi connectivity index (χ3n) is 3.99. The van der Waals surface area contributed by atoms with Gasteiger partial charge in [-0.1, -0.05) is 29.8 Å². The molecule has 0 radical (unpaired) electrons. The van der Waals surface area contributed by atoms with Gasteiger partial charge in [0.25, 0.3) is 10.1 Å². The number of ether oxygens (including phenoxy) is 1. The number of likely N-dealkylation sites (N-methyl/N-ethyl adjacent to an activating group) is 1. The molecule has 2 aromatic carbocycles. The maximum absolute atomic E-state index is 11.6. The number of para-hydroxylation sites is 2. The van der Waals surface area contributed by atoms with Crippen LogP contribution in [0.3, 0.4) is 0 Å². The number of hydrogen-bond donors (Lipinski definition) is 1. The van der Waals surface area contributed by atoms with Gasteiger partial charge in [-0.3, -0.25) is 4.55 Å². The number of rotatable bonds is 3. The molecular formula is C17H19NO4S. The maximum atomic E-state index is 11.6. The number of fused-ring (bicyclic) bond motifs is 1. The topological polar surface area (TPSA) is 66.8 Å². The third-order valence-corrected chi connectivity index (χ3v) is 4.94. The number of benzene rings is 2. The zero-order valence-corrected chi connectivity index (χ0v) is 13.9. The first-order valence-corrected chi connectivity index (χ1v) is 8.82. The summed E-state index contributed by atoms with van der Waals surface area (Å²) in [5.41, 5.74) is 2.53. The molecule has 1 aliphatic heterocycles. The lowest BCUT2D eigenvalue weighted by molar-refractivity contribution is 0.195. The van der Waals surface area contributed by atoms with Crippen LogP contribution in [-0.4, -0.2) is 32.7 Å². The van der Waals surface area contributed by atoms with E-state index >= 15 is 0 Å². The molecule has 0 amide bonds. The number of nitrogens with zero attached hydrogens (tertiary/aromatic N) is 1. The van der Waals surface area contributed by atoms with Crippen LogP contribution in [0.5, 0.6) is 5.75 Å². The van der Waals surface area contributed by atoms with Gasteiger partial charge in [0.2, 0.25) is 0 Å². The molecule has 0 fully saturated rings. The van der Waals surface area contributed by atoms with Crippen LogP contribution in [0.4, 0.5) is 5.69 Å². The van der Waals surface area contributed by atoms with Gasteiger partial charge < -0.3 is 9.64 Å². The Balaban J connectivity index is 1.91. The molecule has 1 unspecified atom stereocenters. The lowest BCUT2D eigenvalue weighted by Gasteiger charge is -2.34. The summed E-state index contributed by atoms with van der Waals surface area (Å²) in [4.78, 5) is 2.04. The minimum atomic E-state index is -4.24. The van der Waals surface area contributed by atoms with E-state index in [1.165, 1.54) is 6.07 Å². The van der Waals surface area contributed by atoms with E-state index in [2.05, 4.69) is 4.90 Å². The monoisotopic (exact) mass is 333 g/mol. The highest BCUT2D eigenvalue weighted by Crippen LogP contribution is 2.33. The highest BCUT2D eigenvalue weighted by Gasteiger charge is 2.25. The molecule has 0 saturated heterocycles. The van der Waals surface area contributed by atoms with Crippen LogP contribution in [0.15, 0.2) is 47.4 Å². The van der Waals surface area contributed by atoms with Gasteiger partial charge in [-0.15, -0.1) is 0 Å². The molecule has 5 nitrogen and oxygen atoms in total. The van der Waals surface area contributed by atoms with Gasteiger partial charge in [0.15, 0.2) is 0 Å². The van der Waals surface area contributed by atoms with Crippen LogP contribution in [0.1, 0.15) is 11.1 Å². The highest BCUT2D eigenvalue weighted by atomic mass is 32.2. The minimum absolute atomic E-state index is 0.0480. The van der Waals surface area contributed by atoms with Crippen molar-refractivity contribution in [3.05, 3.63) is 53.6 Å². The van der Waals surface area contributed by atoms with Gasteiger partial charge in [-0.2, -0.15) is 8.42 Å². The second-order valence-corrected chi connectivity index (χ2v) is 7.27. The molecule has 1 aliphatic rings. The Morgan fingerprint density at radius 2 is 2.00 bits per heavy atom. The smallest absolute Gasteiger partial charge is 0.294 e. The standard InChI is InChI=1S/C17H19NO4S/c1-12-7-8-17(23(19,20)21)13(9-12)10-14-11-18(2)15-5-3-4-6-16(15)22-14/h3-9,14H,10-11H2,1-2H3,(H,19,20,21). The van der Waals surface area contributed by atoms with Crippen LogP contribution < -0.4 is 9.64 Å². The van der Waals surface area contributed by atoms with E-state index in [0.717, 1.165) is 17.0 Å². The van der Waals surface area contributed by atoms with E-state index in [9.17, 15) is 13.0 Å². The van der Waals surface area contributed by atoms with Crippen molar-refractivity contribution < 1.29 is 17.7 Å². The van der Waals surface area contributed by atoms with Gasteiger partial charge in [0.05, 0.1) is 17.1 Å². The second-order valence-electron chi connectivity index (χ2n) is 5.88. The molecule has 1 atom stereocenters. The first kappa shape index (κ1) is 15.8. The zero-order valence-electron chi connectivity index (χ0n) is 13.1. The normalized spacial score (nSPS) is 17.5. The van der Waals surface area contributed by atoms with Crippen LogP contribution in [-0.2, 0) is 16.5 Å². The molecule has 0 spiro atoms. The lowest BCUT2D eigenvalue weighted by atomic mass is 10.0. The van der Waals surface area contributed by atoms with Crippen molar-refractivity contribution in [2.24, 2.45) is 0 Å². The summed E-state index contributed by atoms with van der Waals surface area (Å²) in [5, 5.41) is 0. The first-order chi connectivity index (χ1) is 10.8. The SMILES string of the molecule is Cc1ccc(S(=O)(=O)O)c(CC2CN(C)c3ccccc3O2)c1. The zero-order chi connectivity index (χ0) is 16.6. The van der Waals surface area contributed by atoms with Crippen molar-refractivity contribution >= 4 is 15.8 Å². The van der Waals surface area contributed by atoms with Crippen molar-refractivity contribution in [2.75, 3.05) is 18.5 Å². The summed E-state index contributed by atoms with van der Waals surface area (Å²) < 4.78 is 38.6. The lowest BCUT2D eigenvalue weighted by Crippen LogP contribution is -2.39. The Hall–Kier alpha value is -2.05. The van der Waals surface area contributed by atoms with Gasteiger partial charge >= 0.3 is 0 Å². The Kier molecular flexibility index (Phi) is 4.04.